The first kappa shape index (κ1) is 19.2. The summed E-state index contributed by atoms with van der Waals surface area (Å²) in [6.07, 6.45) is 13.4. The van der Waals surface area contributed by atoms with Crippen molar-refractivity contribution < 1.29 is 14.3 Å². The second-order valence-electron chi connectivity index (χ2n) is 6.59. The lowest BCUT2D eigenvalue weighted by molar-refractivity contribution is -0.148. The maximum Gasteiger partial charge on any atom is 0.333 e. The van der Waals surface area contributed by atoms with Crippen molar-refractivity contribution in [2.45, 2.75) is 96.7 Å². The molecule has 0 spiro atoms. The van der Waals surface area contributed by atoms with Crippen molar-refractivity contribution in [1.29, 1.82) is 0 Å². The molecule has 3 heteroatoms. The Labute approximate surface area is 136 Å². The molecule has 0 aliphatic heterocycles. The minimum absolute atomic E-state index is 0.0111. The molecule has 2 unspecified atom stereocenters. The topological polar surface area (TPSA) is 35.5 Å². The molecule has 0 aromatic heterocycles. The van der Waals surface area contributed by atoms with Gasteiger partial charge < -0.3 is 9.47 Å². The van der Waals surface area contributed by atoms with Crippen molar-refractivity contribution in [1.82, 2.24) is 0 Å². The molecule has 0 bridgehead atoms. The summed E-state index contributed by atoms with van der Waals surface area (Å²) in [5.74, 6) is -0.266. The fourth-order valence-electron chi connectivity index (χ4n) is 2.92. The van der Waals surface area contributed by atoms with Gasteiger partial charge in [0.25, 0.3) is 0 Å². The van der Waals surface area contributed by atoms with Gasteiger partial charge in [-0.3, -0.25) is 0 Å². The fraction of sp³-hybridized carbons (Fsp3) is 0.842. The van der Waals surface area contributed by atoms with Crippen molar-refractivity contribution >= 4 is 5.97 Å². The predicted octanol–water partition coefficient (Wildman–Crippen LogP) is 5.18. The van der Waals surface area contributed by atoms with Crippen LogP contribution in [0, 0.1) is 0 Å². The third-order valence-corrected chi connectivity index (χ3v) is 4.30. The maximum absolute atomic E-state index is 11.6. The van der Waals surface area contributed by atoms with Gasteiger partial charge in [0, 0.05) is 18.6 Å². The standard InChI is InChI=1S/C19H34O3/c1-4-5-6-7-8-9-10-14-21-17-12-11-13-18(15-17)22-19(20)16(2)3/h17-18H,2,4-15H2,1,3H3. The van der Waals surface area contributed by atoms with Gasteiger partial charge in [-0.25, -0.2) is 4.79 Å². The highest BCUT2D eigenvalue weighted by molar-refractivity contribution is 5.87. The molecule has 0 heterocycles. The molecular weight excluding hydrogens is 276 g/mol. The SMILES string of the molecule is C=C(C)C(=O)OC1CCCC(OCCCCCCCCC)C1. The number of esters is 1. The van der Waals surface area contributed by atoms with E-state index in [0.717, 1.165) is 38.7 Å². The first-order chi connectivity index (χ1) is 10.6. The van der Waals surface area contributed by atoms with Crippen LogP contribution < -0.4 is 0 Å². The second-order valence-corrected chi connectivity index (χ2v) is 6.59. The van der Waals surface area contributed by atoms with Gasteiger partial charge in [0.15, 0.2) is 0 Å². The summed E-state index contributed by atoms with van der Waals surface area (Å²) >= 11 is 0. The Morgan fingerprint density at radius 3 is 2.36 bits per heavy atom. The summed E-state index contributed by atoms with van der Waals surface area (Å²) < 4.78 is 11.4. The molecule has 1 aliphatic rings. The molecule has 0 aromatic rings. The molecule has 0 aromatic carbocycles. The predicted molar refractivity (Wildman–Crippen MR) is 90.9 cm³/mol. The number of rotatable bonds is 11. The third-order valence-electron chi connectivity index (χ3n) is 4.30. The van der Waals surface area contributed by atoms with E-state index in [9.17, 15) is 4.79 Å². The molecule has 0 radical (unpaired) electrons. The Hall–Kier alpha value is -0.830. The van der Waals surface area contributed by atoms with Crippen molar-refractivity contribution in [2.24, 2.45) is 0 Å². The van der Waals surface area contributed by atoms with Crippen LogP contribution in [0.5, 0.6) is 0 Å². The molecule has 0 saturated heterocycles. The molecule has 0 N–H and O–H groups in total. The Kier molecular flexibility index (Phi) is 10.2. The summed E-state index contributed by atoms with van der Waals surface area (Å²) in [5.41, 5.74) is 0.478. The number of ether oxygens (including phenoxy) is 2. The summed E-state index contributed by atoms with van der Waals surface area (Å²) in [6, 6.07) is 0. The van der Waals surface area contributed by atoms with Crippen LogP contribution in [-0.4, -0.2) is 24.8 Å². The summed E-state index contributed by atoms with van der Waals surface area (Å²) in [5, 5.41) is 0. The molecule has 128 valence electrons. The lowest BCUT2D eigenvalue weighted by Crippen LogP contribution is -2.30. The quantitative estimate of drug-likeness (QED) is 0.299. The van der Waals surface area contributed by atoms with Gasteiger partial charge in [-0.2, -0.15) is 0 Å². The molecule has 0 amide bonds. The van der Waals surface area contributed by atoms with Crippen LogP contribution in [0.2, 0.25) is 0 Å². The zero-order valence-corrected chi connectivity index (χ0v) is 14.6. The molecule has 3 nitrogen and oxygen atoms in total. The Bertz CT molecular complexity index is 325. The molecule has 2 atom stereocenters. The van der Waals surface area contributed by atoms with E-state index in [1.807, 2.05) is 0 Å². The lowest BCUT2D eigenvalue weighted by Gasteiger charge is -2.29. The minimum atomic E-state index is -0.266. The van der Waals surface area contributed by atoms with Crippen LogP contribution >= 0.6 is 0 Å². The van der Waals surface area contributed by atoms with Crippen LogP contribution in [0.3, 0.4) is 0 Å². The maximum atomic E-state index is 11.6. The first-order valence-electron chi connectivity index (χ1n) is 9.11. The Balaban J connectivity index is 2.05. The van der Waals surface area contributed by atoms with Gasteiger partial charge in [0.1, 0.15) is 6.10 Å². The molecule has 1 rings (SSSR count). The number of hydrogen-bond donors (Lipinski definition) is 0. The largest absolute Gasteiger partial charge is 0.459 e. The van der Waals surface area contributed by atoms with Gasteiger partial charge >= 0.3 is 5.97 Å². The van der Waals surface area contributed by atoms with E-state index in [2.05, 4.69) is 13.5 Å². The van der Waals surface area contributed by atoms with Crippen LogP contribution in [0.1, 0.15) is 84.5 Å². The van der Waals surface area contributed by atoms with Gasteiger partial charge in [-0.1, -0.05) is 52.0 Å². The van der Waals surface area contributed by atoms with Crippen molar-refractivity contribution in [3.8, 4) is 0 Å². The minimum Gasteiger partial charge on any atom is -0.459 e. The molecular formula is C19H34O3. The Morgan fingerprint density at radius 2 is 1.68 bits per heavy atom. The number of unbranched alkanes of at least 4 members (excludes halogenated alkanes) is 6. The monoisotopic (exact) mass is 310 g/mol. The van der Waals surface area contributed by atoms with E-state index >= 15 is 0 Å². The number of carbonyl (C=O) groups excluding carboxylic acids is 1. The van der Waals surface area contributed by atoms with Gasteiger partial charge in [-0.15, -0.1) is 0 Å². The normalized spacial score (nSPS) is 21.5. The van der Waals surface area contributed by atoms with Gasteiger partial charge in [0.2, 0.25) is 0 Å². The third kappa shape index (κ3) is 8.57. The molecule has 22 heavy (non-hydrogen) atoms. The van der Waals surface area contributed by atoms with E-state index in [1.54, 1.807) is 6.92 Å². The Morgan fingerprint density at radius 1 is 1.05 bits per heavy atom. The van der Waals surface area contributed by atoms with Crippen LogP contribution in [0.25, 0.3) is 0 Å². The average molecular weight is 310 g/mol. The van der Waals surface area contributed by atoms with E-state index in [-0.39, 0.29) is 18.2 Å². The zero-order chi connectivity index (χ0) is 16.2. The van der Waals surface area contributed by atoms with E-state index in [4.69, 9.17) is 9.47 Å². The van der Waals surface area contributed by atoms with Crippen molar-refractivity contribution in [3.05, 3.63) is 12.2 Å². The summed E-state index contributed by atoms with van der Waals surface area (Å²) in [7, 11) is 0. The van der Waals surface area contributed by atoms with Crippen molar-refractivity contribution in [3.63, 3.8) is 0 Å². The van der Waals surface area contributed by atoms with Crippen LogP contribution in [0.15, 0.2) is 12.2 Å². The summed E-state index contributed by atoms with van der Waals surface area (Å²) in [6.45, 7) is 8.42. The highest BCUT2D eigenvalue weighted by atomic mass is 16.5. The van der Waals surface area contributed by atoms with E-state index < -0.39 is 0 Å². The lowest BCUT2D eigenvalue weighted by atomic mass is 9.95. The smallest absolute Gasteiger partial charge is 0.333 e. The molecule has 1 aliphatic carbocycles. The van der Waals surface area contributed by atoms with E-state index in [1.165, 1.54) is 38.5 Å². The van der Waals surface area contributed by atoms with Crippen LogP contribution in [0.4, 0.5) is 0 Å². The highest BCUT2D eigenvalue weighted by Crippen LogP contribution is 2.24. The second kappa shape index (κ2) is 11.7. The average Bonchev–Trinajstić information content (AvgIpc) is 2.50. The molecule has 1 fully saturated rings. The van der Waals surface area contributed by atoms with Crippen LogP contribution in [-0.2, 0) is 14.3 Å². The first-order valence-corrected chi connectivity index (χ1v) is 9.11. The fourth-order valence-corrected chi connectivity index (χ4v) is 2.92. The number of carbonyl (C=O) groups is 1. The van der Waals surface area contributed by atoms with Crippen molar-refractivity contribution in [2.75, 3.05) is 6.61 Å². The van der Waals surface area contributed by atoms with Gasteiger partial charge in [0.05, 0.1) is 6.10 Å². The highest BCUT2D eigenvalue weighted by Gasteiger charge is 2.25. The summed E-state index contributed by atoms with van der Waals surface area (Å²) in [4.78, 5) is 11.6. The molecule has 1 saturated carbocycles. The van der Waals surface area contributed by atoms with Gasteiger partial charge in [-0.05, 0) is 32.6 Å². The number of hydrogen-bond acceptors (Lipinski definition) is 3. The van der Waals surface area contributed by atoms with E-state index in [0.29, 0.717) is 5.57 Å². The zero-order valence-electron chi connectivity index (χ0n) is 14.6.